The molecule has 164 valence electrons. The Hall–Kier alpha value is -4.11. The van der Waals surface area contributed by atoms with E-state index < -0.39 is 11.0 Å². The molecule has 1 aliphatic heterocycles. The Balaban J connectivity index is 1.58. The van der Waals surface area contributed by atoms with E-state index in [1.165, 1.54) is 24.3 Å². The highest BCUT2D eigenvalue weighted by molar-refractivity contribution is 7.80. The lowest BCUT2D eigenvalue weighted by Gasteiger charge is -2.26. The first-order chi connectivity index (χ1) is 16.0. The van der Waals surface area contributed by atoms with Gasteiger partial charge in [0.05, 0.1) is 16.7 Å². The van der Waals surface area contributed by atoms with Gasteiger partial charge in [0.15, 0.2) is 5.11 Å². The van der Waals surface area contributed by atoms with E-state index in [0.717, 1.165) is 5.69 Å². The van der Waals surface area contributed by atoms with Crippen LogP contribution in [0.3, 0.4) is 0 Å². The molecule has 5 rings (SSSR count). The maximum atomic E-state index is 13.6. The van der Waals surface area contributed by atoms with Crippen molar-refractivity contribution in [2.45, 2.75) is 12.1 Å². The second kappa shape index (κ2) is 8.44. The Morgan fingerprint density at radius 2 is 1.88 bits per heavy atom. The summed E-state index contributed by atoms with van der Waals surface area (Å²) < 4.78 is 19.8. The lowest BCUT2D eigenvalue weighted by atomic mass is 10.0. The van der Waals surface area contributed by atoms with Crippen molar-refractivity contribution in [2.75, 3.05) is 4.90 Å². The predicted octanol–water partition coefficient (Wildman–Crippen LogP) is 5.57. The summed E-state index contributed by atoms with van der Waals surface area (Å²) in [5.74, 6) is 0.731. The SMILES string of the molecule is O=[N+]([O-])c1cccc(-c2ccc([C@@H]3[C@H](c4ccccn4)NC(=S)N3c3ccc(F)cc3)o2)c1. The third-order valence-electron chi connectivity index (χ3n) is 5.46. The molecule has 2 atom stereocenters. The van der Waals surface area contributed by atoms with E-state index in [2.05, 4.69) is 10.3 Å². The van der Waals surface area contributed by atoms with Crippen molar-refractivity contribution in [3.8, 4) is 11.3 Å². The molecule has 1 fully saturated rings. The molecule has 7 nitrogen and oxygen atoms in total. The van der Waals surface area contributed by atoms with Gasteiger partial charge in [-0.1, -0.05) is 18.2 Å². The minimum Gasteiger partial charge on any atom is -0.459 e. The molecule has 4 aromatic rings. The molecule has 1 N–H and O–H groups in total. The van der Waals surface area contributed by atoms with Gasteiger partial charge in [-0.05, 0) is 60.7 Å². The van der Waals surface area contributed by atoms with Crippen LogP contribution in [0.2, 0.25) is 0 Å². The Bertz CT molecular complexity index is 1330. The summed E-state index contributed by atoms with van der Waals surface area (Å²) in [5, 5.41) is 14.9. The molecule has 0 saturated carbocycles. The van der Waals surface area contributed by atoms with Crippen LogP contribution in [0.25, 0.3) is 11.3 Å². The molecule has 0 bridgehead atoms. The van der Waals surface area contributed by atoms with Crippen molar-refractivity contribution >= 4 is 28.7 Å². The summed E-state index contributed by atoms with van der Waals surface area (Å²) in [6.45, 7) is 0. The number of hydrogen-bond donors (Lipinski definition) is 1. The zero-order chi connectivity index (χ0) is 22.9. The monoisotopic (exact) mass is 460 g/mol. The smallest absolute Gasteiger partial charge is 0.270 e. The van der Waals surface area contributed by atoms with E-state index >= 15 is 0 Å². The van der Waals surface area contributed by atoms with Crippen molar-refractivity contribution in [1.82, 2.24) is 10.3 Å². The van der Waals surface area contributed by atoms with Crippen LogP contribution in [-0.4, -0.2) is 15.0 Å². The van der Waals surface area contributed by atoms with Crippen LogP contribution >= 0.6 is 12.2 Å². The second-order valence-corrected chi connectivity index (χ2v) is 7.87. The Kier molecular flexibility index (Phi) is 5.31. The molecule has 0 spiro atoms. The van der Waals surface area contributed by atoms with E-state index in [1.54, 1.807) is 36.5 Å². The minimum atomic E-state index is -0.444. The first kappa shape index (κ1) is 20.8. The van der Waals surface area contributed by atoms with Crippen LogP contribution in [0.15, 0.2) is 89.5 Å². The van der Waals surface area contributed by atoms with Gasteiger partial charge in [-0.25, -0.2) is 4.39 Å². The van der Waals surface area contributed by atoms with Gasteiger partial charge in [0.2, 0.25) is 0 Å². The number of nitro groups is 1. The minimum absolute atomic E-state index is 0.0199. The van der Waals surface area contributed by atoms with Crippen LogP contribution in [0, 0.1) is 15.9 Å². The molecule has 1 aliphatic rings. The number of halogens is 1. The summed E-state index contributed by atoms with van der Waals surface area (Å²) in [7, 11) is 0. The number of nitro benzene ring substituents is 1. The van der Waals surface area contributed by atoms with E-state index in [9.17, 15) is 14.5 Å². The van der Waals surface area contributed by atoms with Gasteiger partial charge in [-0.2, -0.15) is 0 Å². The predicted molar refractivity (Wildman–Crippen MR) is 125 cm³/mol. The number of pyridine rings is 1. The largest absolute Gasteiger partial charge is 0.459 e. The maximum absolute atomic E-state index is 13.6. The molecular formula is C24H17FN4O3S. The van der Waals surface area contributed by atoms with Gasteiger partial charge >= 0.3 is 0 Å². The number of anilines is 1. The molecule has 1 saturated heterocycles. The summed E-state index contributed by atoms with van der Waals surface area (Å²) in [6.07, 6.45) is 1.70. The standard InChI is InChI=1S/C24H17FN4O3S/c25-16-7-9-17(10-8-16)28-23(22(27-24(28)33)19-6-1-2-13-26-19)21-12-11-20(32-21)15-4-3-5-18(14-15)29(30)31/h1-14,22-23H,(H,27,33)/t22-,23+/m0/s1. The Morgan fingerprint density at radius 1 is 1.06 bits per heavy atom. The third-order valence-corrected chi connectivity index (χ3v) is 5.78. The number of thiocarbonyl (C=S) groups is 1. The maximum Gasteiger partial charge on any atom is 0.270 e. The van der Waals surface area contributed by atoms with Crippen molar-refractivity contribution < 1.29 is 13.7 Å². The molecule has 2 aromatic carbocycles. The molecular weight excluding hydrogens is 443 g/mol. The highest BCUT2D eigenvalue weighted by Gasteiger charge is 2.42. The number of non-ortho nitro benzene ring substituents is 1. The van der Waals surface area contributed by atoms with Gasteiger partial charge in [0.25, 0.3) is 5.69 Å². The Labute approximate surface area is 193 Å². The molecule has 9 heteroatoms. The van der Waals surface area contributed by atoms with Crippen LogP contribution < -0.4 is 10.2 Å². The van der Waals surface area contributed by atoms with E-state index in [1.807, 2.05) is 29.2 Å². The number of rotatable bonds is 5. The lowest BCUT2D eigenvalue weighted by Crippen LogP contribution is -2.29. The van der Waals surface area contributed by atoms with Crippen molar-refractivity contribution in [3.05, 3.63) is 112 Å². The number of nitrogens with zero attached hydrogens (tertiary/aromatic N) is 3. The molecule has 0 radical (unpaired) electrons. The first-order valence-electron chi connectivity index (χ1n) is 10.1. The summed E-state index contributed by atoms with van der Waals surface area (Å²) in [4.78, 5) is 17.1. The zero-order valence-electron chi connectivity index (χ0n) is 17.1. The molecule has 33 heavy (non-hydrogen) atoms. The fourth-order valence-electron chi connectivity index (χ4n) is 3.96. The molecule has 3 heterocycles. The summed E-state index contributed by atoms with van der Waals surface area (Å²) in [5.41, 5.74) is 2.04. The van der Waals surface area contributed by atoms with E-state index in [4.69, 9.17) is 16.6 Å². The van der Waals surface area contributed by atoms with Crippen LogP contribution in [0.5, 0.6) is 0 Å². The van der Waals surface area contributed by atoms with E-state index in [0.29, 0.717) is 27.9 Å². The van der Waals surface area contributed by atoms with Crippen LogP contribution in [0.1, 0.15) is 23.5 Å². The summed E-state index contributed by atoms with van der Waals surface area (Å²) in [6, 6.07) is 20.8. The number of aromatic nitrogens is 1. The van der Waals surface area contributed by atoms with Crippen LogP contribution in [0.4, 0.5) is 15.8 Å². The van der Waals surface area contributed by atoms with Crippen molar-refractivity contribution in [1.29, 1.82) is 0 Å². The number of hydrogen-bond acceptors (Lipinski definition) is 5. The van der Waals surface area contributed by atoms with Gasteiger partial charge < -0.3 is 14.6 Å². The fraction of sp³-hybridized carbons (Fsp3) is 0.0833. The topological polar surface area (TPSA) is 84.4 Å². The first-order valence-corrected chi connectivity index (χ1v) is 10.5. The van der Waals surface area contributed by atoms with Gasteiger partial charge in [0.1, 0.15) is 23.4 Å². The van der Waals surface area contributed by atoms with E-state index in [-0.39, 0.29) is 17.5 Å². The number of nitrogens with one attached hydrogen (secondary N) is 1. The molecule has 0 aliphatic carbocycles. The highest BCUT2D eigenvalue weighted by atomic mass is 32.1. The lowest BCUT2D eigenvalue weighted by molar-refractivity contribution is -0.384. The normalized spacial score (nSPS) is 17.7. The summed E-state index contributed by atoms with van der Waals surface area (Å²) >= 11 is 5.63. The number of benzene rings is 2. The highest BCUT2D eigenvalue weighted by Crippen LogP contribution is 2.43. The quantitative estimate of drug-likeness (QED) is 0.237. The molecule has 0 amide bonds. The number of furan rings is 1. The zero-order valence-corrected chi connectivity index (χ0v) is 17.9. The third kappa shape index (κ3) is 3.94. The van der Waals surface area contributed by atoms with Crippen molar-refractivity contribution in [3.63, 3.8) is 0 Å². The molecule has 0 unspecified atom stereocenters. The van der Waals surface area contributed by atoms with Gasteiger partial charge in [-0.3, -0.25) is 15.1 Å². The molecule has 2 aromatic heterocycles. The second-order valence-electron chi connectivity index (χ2n) is 7.48. The fourth-order valence-corrected chi connectivity index (χ4v) is 4.31. The van der Waals surface area contributed by atoms with Gasteiger partial charge in [-0.15, -0.1) is 0 Å². The van der Waals surface area contributed by atoms with Crippen molar-refractivity contribution in [2.24, 2.45) is 0 Å². The average Bonchev–Trinajstić information content (AvgIpc) is 3.45. The Morgan fingerprint density at radius 3 is 2.61 bits per heavy atom. The van der Waals surface area contributed by atoms with Gasteiger partial charge in [0, 0.05) is 29.6 Å². The average molecular weight is 460 g/mol. The van der Waals surface area contributed by atoms with Crippen LogP contribution in [-0.2, 0) is 0 Å².